The van der Waals surface area contributed by atoms with Crippen LogP contribution in [0.15, 0.2) is 12.1 Å². The summed E-state index contributed by atoms with van der Waals surface area (Å²) >= 11 is 0. The highest BCUT2D eigenvalue weighted by Gasteiger charge is 2.25. The molecule has 0 saturated carbocycles. The van der Waals surface area contributed by atoms with Gasteiger partial charge in [0.25, 0.3) is 0 Å². The second kappa shape index (κ2) is 4.18. The second-order valence-corrected chi connectivity index (χ2v) is 4.01. The van der Waals surface area contributed by atoms with E-state index in [1.54, 1.807) is 0 Å². The van der Waals surface area contributed by atoms with Gasteiger partial charge in [-0.2, -0.15) is 0 Å². The molecule has 0 spiro atoms. The number of hydrogen-bond donors (Lipinski definition) is 0. The average Bonchev–Trinajstić information content (AvgIpc) is 2.87. The summed E-state index contributed by atoms with van der Waals surface area (Å²) in [5.41, 5.74) is 5.39. The molecule has 0 aromatic heterocycles. The normalized spacial score (nSPS) is 16.8. The van der Waals surface area contributed by atoms with Crippen molar-refractivity contribution in [2.75, 3.05) is 0 Å². The zero-order valence-corrected chi connectivity index (χ0v) is 9.60. The second-order valence-electron chi connectivity index (χ2n) is 4.01. The molecule has 0 radical (unpaired) electrons. The van der Waals surface area contributed by atoms with E-state index in [1.807, 2.05) is 19.9 Å². The number of aryl methyl sites for hydroxylation is 1. The van der Waals surface area contributed by atoms with E-state index in [0.717, 1.165) is 18.4 Å². The van der Waals surface area contributed by atoms with Gasteiger partial charge in [0, 0.05) is 12.0 Å². The first-order valence-corrected chi connectivity index (χ1v) is 6.03. The van der Waals surface area contributed by atoms with Gasteiger partial charge in [0.05, 0.1) is 0 Å². The fourth-order valence-corrected chi connectivity index (χ4v) is 2.66. The predicted octanol–water partition coefficient (Wildman–Crippen LogP) is 3.33. The van der Waals surface area contributed by atoms with E-state index < -0.39 is 0 Å². The Labute approximate surface area is 91.5 Å². The van der Waals surface area contributed by atoms with Crippen LogP contribution >= 0.6 is 0 Å². The first kappa shape index (κ1) is 10.4. The molecule has 0 bridgehead atoms. The zero-order chi connectivity index (χ0) is 10.8. The summed E-state index contributed by atoms with van der Waals surface area (Å²) in [4.78, 5) is 11.5. The predicted molar refractivity (Wildman–Crippen MR) is 62.5 cm³/mol. The van der Waals surface area contributed by atoms with Gasteiger partial charge in [0.2, 0.25) is 0 Å². The Morgan fingerprint density at radius 3 is 2.53 bits per heavy atom. The molecule has 0 amide bonds. The van der Waals surface area contributed by atoms with Crippen molar-refractivity contribution in [1.29, 1.82) is 0 Å². The zero-order valence-electron chi connectivity index (χ0n) is 9.60. The van der Waals surface area contributed by atoms with Crippen LogP contribution in [0, 0.1) is 0 Å². The maximum absolute atomic E-state index is 11.5. The summed E-state index contributed by atoms with van der Waals surface area (Å²) in [6.45, 7) is 4.00. The first-order chi connectivity index (χ1) is 7.36. The van der Waals surface area contributed by atoms with Gasteiger partial charge in [-0.1, -0.05) is 26.0 Å². The van der Waals surface area contributed by atoms with Crippen molar-refractivity contribution in [3.05, 3.63) is 34.4 Å². The van der Waals surface area contributed by atoms with Gasteiger partial charge in [0.1, 0.15) is 0 Å². The number of Topliss-reactive ketones (excluding diaryl/α,β-unsaturated/α-hetero) is 1. The van der Waals surface area contributed by atoms with Gasteiger partial charge in [-0.25, -0.2) is 0 Å². The Bertz CT molecular complexity index is 391. The molecule has 0 heterocycles. The van der Waals surface area contributed by atoms with Crippen LogP contribution in [-0.4, -0.2) is 5.78 Å². The van der Waals surface area contributed by atoms with Crippen molar-refractivity contribution in [3.63, 3.8) is 0 Å². The highest BCUT2D eigenvalue weighted by Crippen LogP contribution is 2.32. The van der Waals surface area contributed by atoms with Gasteiger partial charge in [-0.15, -0.1) is 0 Å². The van der Waals surface area contributed by atoms with E-state index in [2.05, 4.69) is 6.07 Å². The lowest BCUT2D eigenvalue weighted by molar-refractivity contribution is 0.0994. The third-order valence-corrected chi connectivity index (χ3v) is 3.30. The number of ketones is 1. The summed E-state index contributed by atoms with van der Waals surface area (Å²) in [6, 6.07) is 4.19. The van der Waals surface area contributed by atoms with E-state index in [0.29, 0.717) is 5.78 Å². The lowest BCUT2D eigenvalue weighted by atomic mass is 10.00. The van der Waals surface area contributed by atoms with Gasteiger partial charge in [0.15, 0.2) is 5.78 Å². The highest BCUT2D eigenvalue weighted by atomic mass is 16.1. The molecule has 0 N–H and O–H groups in total. The van der Waals surface area contributed by atoms with Crippen LogP contribution in [0.3, 0.4) is 0 Å². The average molecular weight is 202 g/mol. The van der Waals surface area contributed by atoms with Crippen LogP contribution in [0.5, 0.6) is 0 Å². The fourth-order valence-electron chi connectivity index (χ4n) is 2.66. The molecule has 0 fully saturated rings. The van der Waals surface area contributed by atoms with Crippen molar-refractivity contribution in [2.24, 2.45) is 0 Å². The fraction of sp³-hybridized carbons (Fsp3) is 0.500. The van der Waals surface area contributed by atoms with Gasteiger partial charge < -0.3 is 0 Å². The van der Waals surface area contributed by atoms with Crippen LogP contribution in [0.1, 0.15) is 53.7 Å². The van der Waals surface area contributed by atoms with Crippen molar-refractivity contribution in [3.8, 4) is 0 Å². The Balaban J connectivity index is 0.000000404. The molecule has 0 atom stereocenters. The third-order valence-electron chi connectivity index (χ3n) is 3.30. The number of hydrogen-bond acceptors (Lipinski definition) is 1. The number of carbonyl (C=O) groups excluding carboxylic acids is 1. The molecule has 1 heteroatoms. The summed E-state index contributed by atoms with van der Waals surface area (Å²) < 4.78 is 0. The summed E-state index contributed by atoms with van der Waals surface area (Å²) in [5, 5.41) is 0. The molecule has 80 valence electrons. The SMILES string of the molecule is CC.O=C1CCc2c1ccc1c2CCC1. The van der Waals surface area contributed by atoms with Crippen LogP contribution in [0.4, 0.5) is 0 Å². The van der Waals surface area contributed by atoms with Crippen molar-refractivity contribution < 1.29 is 4.79 Å². The summed E-state index contributed by atoms with van der Waals surface area (Å²) in [5.74, 6) is 0.352. The quantitative estimate of drug-likeness (QED) is 0.630. The number of rotatable bonds is 0. The maximum atomic E-state index is 11.5. The molecular weight excluding hydrogens is 184 g/mol. The minimum atomic E-state index is 0.352. The molecule has 2 aliphatic rings. The Morgan fingerprint density at radius 2 is 1.73 bits per heavy atom. The summed E-state index contributed by atoms with van der Waals surface area (Å²) in [6.07, 6.45) is 5.44. The molecule has 3 rings (SSSR count). The van der Waals surface area contributed by atoms with Gasteiger partial charge >= 0.3 is 0 Å². The molecule has 0 saturated heterocycles. The topological polar surface area (TPSA) is 17.1 Å². The summed E-state index contributed by atoms with van der Waals surface area (Å²) in [7, 11) is 0. The van der Waals surface area contributed by atoms with Gasteiger partial charge in [-0.3, -0.25) is 4.79 Å². The van der Waals surface area contributed by atoms with Crippen LogP contribution in [-0.2, 0) is 19.3 Å². The molecule has 2 aliphatic carbocycles. The minimum absolute atomic E-state index is 0.352. The molecule has 15 heavy (non-hydrogen) atoms. The lowest BCUT2D eigenvalue weighted by Crippen LogP contribution is -1.94. The van der Waals surface area contributed by atoms with Crippen molar-refractivity contribution in [2.45, 2.75) is 46.0 Å². The van der Waals surface area contributed by atoms with E-state index in [4.69, 9.17) is 0 Å². The first-order valence-electron chi connectivity index (χ1n) is 6.03. The Hall–Kier alpha value is -1.11. The maximum Gasteiger partial charge on any atom is 0.163 e. The largest absolute Gasteiger partial charge is 0.294 e. The van der Waals surface area contributed by atoms with Crippen molar-refractivity contribution >= 4 is 5.78 Å². The smallest absolute Gasteiger partial charge is 0.163 e. The molecule has 1 aromatic carbocycles. The van der Waals surface area contributed by atoms with Crippen LogP contribution < -0.4 is 0 Å². The van der Waals surface area contributed by atoms with Crippen LogP contribution in [0.2, 0.25) is 0 Å². The van der Waals surface area contributed by atoms with E-state index >= 15 is 0 Å². The van der Waals surface area contributed by atoms with E-state index in [1.165, 1.54) is 36.0 Å². The number of benzene rings is 1. The molecule has 1 nitrogen and oxygen atoms in total. The Morgan fingerprint density at radius 1 is 0.933 bits per heavy atom. The lowest BCUT2D eigenvalue weighted by Gasteiger charge is -2.05. The Kier molecular flexibility index (Phi) is 2.90. The minimum Gasteiger partial charge on any atom is -0.294 e. The highest BCUT2D eigenvalue weighted by molar-refractivity contribution is 6.00. The monoisotopic (exact) mass is 202 g/mol. The van der Waals surface area contributed by atoms with Crippen LogP contribution in [0.25, 0.3) is 0 Å². The number of fused-ring (bicyclic) bond motifs is 3. The van der Waals surface area contributed by atoms with Gasteiger partial charge in [-0.05, 0) is 42.4 Å². The van der Waals surface area contributed by atoms with E-state index in [9.17, 15) is 4.79 Å². The molecule has 1 aromatic rings. The number of carbonyl (C=O) groups is 1. The third kappa shape index (κ3) is 1.60. The standard InChI is InChI=1S/C12H12O.C2H6/c13-12-7-6-10-9-3-1-2-8(9)4-5-11(10)12;1-2/h4-5H,1-3,6-7H2;1-2H3. The molecule has 0 unspecified atom stereocenters. The molecule has 0 aliphatic heterocycles. The van der Waals surface area contributed by atoms with Crippen molar-refractivity contribution in [1.82, 2.24) is 0 Å². The van der Waals surface area contributed by atoms with E-state index in [-0.39, 0.29) is 0 Å². The molecular formula is C14H18O.